The lowest BCUT2D eigenvalue weighted by molar-refractivity contribution is 0.236. The summed E-state index contributed by atoms with van der Waals surface area (Å²) in [4.78, 5) is 3.66. The van der Waals surface area contributed by atoms with Crippen molar-refractivity contribution in [3.8, 4) is 0 Å². The summed E-state index contributed by atoms with van der Waals surface area (Å²) >= 11 is 0. The molecule has 0 fully saturated rings. The first kappa shape index (κ1) is 18.6. The summed E-state index contributed by atoms with van der Waals surface area (Å²) in [6.07, 6.45) is 2.10. The number of hydrogen-bond acceptors (Lipinski definition) is 2. The van der Waals surface area contributed by atoms with Crippen LogP contribution in [0.5, 0.6) is 0 Å². The van der Waals surface area contributed by atoms with Crippen LogP contribution in [0.1, 0.15) is 44.4 Å². The molecule has 1 unspecified atom stereocenters. The van der Waals surface area contributed by atoms with E-state index in [1.165, 1.54) is 11.1 Å². The predicted molar refractivity (Wildman–Crippen MR) is 103 cm³/mol. The molecule has 1 aromatic carbocycles. The van der Waals surface area contributed by atoms with E-state index in [2.05, 4.69) is 58.8 Å². The van der Waals surface area contributed by atoms with Crippen LogP contribution in [0, 0.1) is 6.57 Å². The molecule has 5 heteroatoms. The third kappa shape index (κ3) is 4.03. The molecule has 1 aliphatic rings. The molecule has 3 nitrogen and oxygen atoms in total. The Morgan fingerprint density at radius 2 is 2.09 bits per heavy atom. The van der Waals surface area contributed by atoms with E-state index >= 15 is 0 Å². The van der Waals surface area contributed by atoms with E-state index in [0.29, 0.717) is 6.04 Å². The largest absolute Gasteiger partial charge is 0.416 e. The maximum Gasteiger partial charge on any atom is 0.192 e. The van der Waals surface area contributed by atoms with Crippen molar-refractivity contribution in [2.75, 3.05) is 13.2 Å². The Balaban J connectivity index is 1.97. The average molecular weight is 349 g/mol. The third-order valence-electron chi connectivity index (χ3n) is 5.35. The lowest BCUT2D eigenvalue weighted by atomic mass is 10.1. The minimum absolute atomic E-state index is 0.253. The monoisotopic (exact) mass is 348 g/mol. The van der Waals surface area contributed by atoms with Crippen molar-refractivity contribution < 1.29 is 4.43 Å². The van der Waals surface area contributed by atoms with E-state index in [1.807, 2.05) is 12.1 Å². The van der Waals surface area contributed by atoms with E-state index in [4.69, 9.17) is 11.0 Å². The Hall–Kier alpha value is -0.723. The van der Waals surface area contributed by atoms with Gasteiger partial charge in [-0.1, -0.05) is 48.4 Å². The highest BCUT2D eigenvalue weighted by molar-refractivity contribution is 7.13. The van der Waals surface area contributed by atoms with Gasteiger partial charge < -0.3 is 4.43 Å². The van der Waals surface area contributed by atoms with Gasteiger partial charge in [0, 0.05) is 19.2 Å². The molecule has 2 rings (SSSR count). The standard InChI is InChI=1S/C18H29N2OPSi/c1-18(2,3)23(5,6)21-13-12-20(22)17-11-10-14-15(17)8-7-9-16(14)19-4/h7-9,17H,10-13,22H2,1-3,5-6H3/t17-/m1/s1. The number of nitrogens with zero attached hydrogens (tertiary/aromatic N) is 2. The van der Waals surface area contributed by atoms with Crippen molar-refractivity contribution in [1.29, 1.82) is 0 Å². The molecule has 0 aliphatic heterocycles. The van der Waals surface area contributed by atoms with E-state index in [-0.39, 0.29) is 5.04 Å². The summed E-state index contributed by atoms with van der Waals surface area (Å²) in [7, 11) is 1.20. The fourth-order valence-electron chi connectivity index (χ4n) is 2.84. The van der Waals surface area contributed by atoms with Crippen LogP contribution in [-0.2, 0) is 10.8 Å². The molecule has 1 aliphatic carbocycles. The van der Waals surface area contributed by atoms with Crippen molar-refractivity contribution in [3.05, 3.63) is 40.7 Å². The summed E-state index contributed by atoms with van der Waals surface area (Å²) in [6.45, 7) is 20.4. The molecular formula is C18H29N2OPSi. The van der Waals surface area contributed by atoms with E-state index in [1.54, 1.807) is 0 Å². The summed E-state index contributed by atoms with van der Waals surface area (Å²) in [6, 6.07) is 6.50. The number of hydrogen-bond donors (Lipinski definition) is 0. The van der Waals surface area contributed by atoms with Crippen LogP contribution < -0.4 is 0 Å². The normalized spacial score (nSPS) is 18.1. The van der Waals surface area contributed by atoms with Crippen molar-refractivity contribution in [1.82, 2.24) is 4.67 Å². The Bertz CT molecular complexity index is 604. The molecule has 0 spiro atoms. The van der Waals surface area contributed by atoms with E-state index in [0.717, 1.165) is 31.7 Å². The smallest absolute Gasteiger partial charge is 0.192 e. The molecule has 0 saturated heterocycles. The SMILES string of the molecule is [C-]#[N+]c1cccc2c1CC[C@H]2N(P)CCO[Si](C)(C)C(C)(C)C. The first-order chi connectivity index (χ1) is 10.7. The summed E-state index contributed by atoms with van der Waals surface area (Å²) in [5.41, 5.74) is 3.38. The molecule has 0 aromatic heterocycles. The van der Waals surface area contributed by atoms with Crippen LogP contribution in [0.2, 0.25) is 18.1 Å². The maximum absolute atomic E-state index is 7.31. The van der Waals surface area contributed by atoms with Crippen LogP contribution in [0.25, 0.3) is 4.85 Å². The Labute approximate surface area is 144 Å². The van der Waals surface area contributed by atoms with Crippen LogP contribution in [0.4, 0.5) is 5.69 Å². The molecule has 23 heavy (non-hydrogen) atoms. The number of fused-ring (bicyclic) bond motifs is 1. The highest BCUT2D eigenvalue weighted by atomic mass is 31.0. The van der Waals surface area contributed by atoms with Gasteiger partial charge in [0.15, 0.2) is 14.0 Å². The van der Waals surface area contributed by atoms with Crippen LogP contribution in [0.15, 0.2) is 18.2 Å². The highest BCUT2D eigenvalue weighted by Gasteiger charge is 2.37. The summed E-state index contributed by atoms with van der Waals surface area (Å²) in [5.74, 6) is 0. The first-order valence-electron chi connectivity index (χ1n) is 8.32. The molecule has 1 aromatic rings. The van der Waals surface area contributed by atoms with Crippen LogP contribution >= 0.6 is 9.39 Å². The minimum Gasteiger partial charge on any atom is -0.416 e. The van der Waals surface area contributed by atoms with Crippen LogP contribution in [0.3, 0.4) is 0 Å². The van der Waals surface area contributed by atoms with E-state index < -0.39 is 8.32 Å². The average Bonchev–Trinajstić information content (AvgIpc) is 2.89. The van der Waals surface area contributed by atoms with Gasteiger partial charge in [-0.25, -0.2) is 4.85 Å². The Morgan fingerprint density at radius 3 is 2.70 bits per heavy atom. The second kappa shape index (κ2) is 7.03. The van der Waals surface area contributed by atoms with E-state index in [9.17, 15) is 0 Å². The maximum atomic E-state index is 7.31. The van der Waals surface area contributed by atoms with Gasteiger partial charge in [0.25, 0.3) is 0 Å². The third-order valence-corrected chi connectivity index (χ3v) is 10.5. The minimum atomic E-state index is -1.67. The fraction of sp³-hybridized carbons (Fsp3) is 0.611. The second-order valence-corrected chi connectivity index (χ2v) is 13.3. The molecular weight excluding hydrogens is 319 g/mol. The van der Waals surface area contributed by atoms with Gasteiger partial charge in [-0.2, -0.15) is 0 Å². The molecule has 0 N–H and O–H groups in total. The summed E-state index contributed by atoms with van der Waals surface area (Å²) in [5, 5.41) is 0.253. The topological polar surface area (TPSA) is 16.8 Å². The van der Waals surface area contributed by atoms with Gasteiger partial charge in [-0.05, 0) is 42.1 Å². The molecule has 0 radical (unpaired) electrons. The Morgan fingerprint density at radius 1 is 1.39 bits per heavy atom. The quantitative estimate of drug-likeness (QED) is 0.406. The molecule has 0 amide bonds. The zero-order valence-electron chi connectivity index (χ0n) is 15.0. The van der Waals surface area contributed by atoms with Gasteiger partial charge >= 0.3 is 0 Å². The van der Waals surface area contributed by atoms with Crippen molar-refractivity contribution in [2.24, 2.45) is 0 Å². The predicted octanol–water partition coefficient (Wildman–Crippen LogP) is 5.34. The number of benzene rings is 1. The first-order valence-corrected chi connectivity index (χ1v) is 11.7. The molecule has 2 atom stereocenters. The van der Waals surface area contributed by atoms with Gasteiger partial charge in [-0.3, -0.25) is 4.67 Å². The lowest BCUT2D eigenvalue weighted by Gasteiger charge is -2.37. The fourth-order valence-corrected chi connectivity index (χ4v) is 4.29. The molecule has 0 heterocycles. The van der Waals surface area contributed by atoms with Crippen molar-refractivity contribution in [2.45, 2.75) is 57.8 Å². The van der Waals surface area contributed by atoms with Gasteiger partial charge in [-0.15, -0.1) is 0 Å². The van der Waals surface area contributed by atoms with Crippen molar-refractivity contribution >= 4 is 23.4 Å². The van der Waals surface area contributed by atoms with Gasteiger partial charge in [0.1, 0.15) is 0 Å². The zero-order valence-corrected chi connectivity index (χ0v) is 17.2. The van der Waals surface area contributed by atoms with Gasteiger partial charge in [0.05, 0.1) is 6.57 Å². The molecule has 126 valence electrons. The Kier molecular flexibility index (Phi) is 5.69. The molecule has 0 bridgehead atoms. The lowest BCUT2D eigenvalue weighted by Crippen LogP contribution is -2.42. The van der Waals surface area contributed by atoms with Crippen LogP contribution in [-0.4, -0.2) is 26.1 Å². The second-order valence-electron chi connectivity index (χ2n) is 7.86. The summed E-state index contributed by atoms with van der Waals surface area (Å²) < 4.78 is 8.60. The molecule has 0 saturated carbocycles. The van der Waals surface area contributed by atoms with Crippen molar-refractivity contribution in [3.63, 3.8) is 0 Å². The highest BCUT2D eigenvalue weighted by Crippen LogP contribution is 2.41. The van der Waals surface area contributed by atoms with Gasteiger partial charge in [0.2, 0.25) is 0 Å². The zero-order chi connectivity index (χ0) is 17.3. The number of rotatable bonds is 5.